The van der Waals surface area contributed by atoms with Gasteiger partial charge in [-0.3, -0.25) is 0 Å². The van der Waals surface area contributed by atoms with Gasteiger partial charge in [-0.15, -0.1) is 0 Å². The summed E-state index contributed by atoms with van der Waals surface area (Å²) in [4.78, 5) is 2.29. The van der Waals surface area contributed by atoms with E-state index in [9.17, 15) is 13.2 Å². The molecular formula is C10H8ClF3N2. The molecule has 2 rings (SSSR count). The smallest absolute Gasteiger partial charge is 0.350 e. The van der Waals surface area contributed by atoms with Gasteiger partial charge in [0.2, 0.25) is 0 Å². The fourth-order valence-electron chi connectivity index (χ4n) is 1.69. The van der Waals surface area contributed by atoms with Crippen molar-refractivity contribution >= 4 is 22.5 Å². The van der Waals surface area contributed by atoms with Crippen LogP contribution in [0.5, 0.6) is 0 Å². The quantitative estimate of drug-likeness (QED) is 0.799. The van der Waals surface area contributed by atoms with E-state index in [-0.39, 0.29) is 22.6 Å². The maximum absolute atomic E-state index is 12.7. The van der Waals surface area contributed by atoms with E-state index in [0.29, 0.717) is 5.39 Å². The second-order valence-corrected chi connectivity index (χ2v) is 3.75. The summed E-state index contributed by atoms with van der Waals surface area (Å²) in [7, 11) is 0. The number of hydrogen-bond donors (Lipinski definition) is 2. The van der Waals surface area contributed by atoms with E-state index in [4.69, 9.17) is 17.3 Å². The maximum Gasteiger partial charge on any atom is 0.431 e. The number of alkyl halides is 3. The van der Waals surface area contributed by atoms with Gasteiger partial charge in [-0.05, 0) is 6.07 Å². The normalized spacial score (nSPS) is 12.3. The number of rotatable bonds is 1. The average Bonchev–Trinajstić information content (AvgIpc) is 2.57. The van der Waals surface area contributed by atoms with Crippen LogP contribution in [-0.4, -0.2) is 4.98 Å². The number of H-pyrrole nitrogens is 1. The largest absolute Gasteiger partial charge is 0.431 e. The standard InChI is InChI=1S/C10H8ClF3N2/c11-7-3-1-2-5-6(4-15)9(10(12,13)14)16-8(5)7/h1-3,16H,4,15H2. The Bertz CT molecular complexity index is 531. The summed E-state index contributed by atoms with van der Waals surface area (Å²) in [6.45, 7) is -0.185. The summed E-state index contributed by atoms with van der Waals surface area (Å²) >= 11 is 5.81. The predicted octanol–water partition coefficient (Wildman–Crippen LogP) is 3.30. The molecule has 86 valence electrons. The minimum absolute atomic E-state index is 0.0463. The summed E-state index contributed by atoms with van der Waals surface area (Å²) in [6.07, 6.45) is -4.45. The van der Waals surface area contributed by atoms with Crippen molar-refractivity contribution in [2.75, 3.05) is 0 Å². The van der Waals surface area contributed by atoms with Crippen molar-refractivity contribution in [3.05, 3.63) is 34.5 Å². The number of para-hydroxylation sites is 1. The highest BCUT2D eigenvalue weighted by Crippen LogP contribution is 2.37. The van der Waals surface area contributed by atoms with Crippen LogP contribution in [0.15, 0.2) is 18.2 Å². The van der Waals surface area contributed by atoms with Gasteiger partial charge in [0.15, 0.2) is 0 Å². The van der Waals surface area contributed by atoms with Crippen molar-refractivity contribution in [3.8, 4) is 0 Å². The minimum atomic E-state index is -4.45. The zero-order valence-electron chi connectivity index (χ0n) is 8.03. The molecule has 0 unspecified atom stereocenters. The lowest BCUT2D eigenvalue weighted by molar-refractivity contribution is -0.141. The number of nitrogens with two attached hydrogens (primary N) is 1. The molecule has 0 saturated heterocycles. The molecule has 0 amide bonds. The monoisotopic (exact) mass is 248 g/mol. The van der Waals surface area contributed by atoms with Crippen LogP contribution in [0.2, 0.25) is 5.02 Å². The Morgan fingerprint density at radius 2 is 2.00 bits per heavy atom. The average molecular weight is 249 g/mol. The summed E-state index contributed by atoms with van der Waals surface area (Å²) in [5, 5.41) is 0.671. The third-order valence-electron chi connectivity index (χ3n) is 2.38. The molecule has 0 spiro atoms. The van der Waals surface area contributed by atoms with Crippen molar-refractivity contribution in [2.45, 2.75) is 12.7 Å². The molecule has 6 heteroatoms. The van der Waals surface area contributed by atoms with Crippen molar-refractivity contribution in [1.82, 2.24) is 4.98 Å². The van der Waals surface area contributed by atoms with Gasteiger partial charge >= 0.3 is 6.18 Å². The first kappa shape index (κ1) is 11.3. The van der Waals surface area contributed by atoms with Crippen LogP contribution in [0.4, 0.5) is 13.2 Å². The summed E-state index contributed by atoms with van der Waals surface area (Å²) < 4.78 is 38.0. The molecule has 0 fully saturated rings. The van der Waals surface area contributed by atoms with Crippen LogP contribution >= 0.6 is 11.6 Å². The first-order valence-corrected chi connectivity index (χ1v) is 4.89. The minimum Gasteiger partial charge on any atom is -0.350 e. The van der Waals surface area contributed by atoms with Crippen LogP contribution in [0.1, 0.15) is 11.3 Å². The summed E-state index contributed by atoms with van der Waals surface area (Å²) in [6, 6.07) is 4.69. The molecule has 0 saturated carbocycles. The Balaban J connectivity index is 2.81. The molecule has 2 nitrogen and oxygen atoms in total. The molecule has 0 aliphatic rings. The van der Waals surface area contributed by atoms with Gasteiger partial charge in [-0.25, -0.2) is 0 Å². The number of fused-ring (bicyclic) bond motifs is 1. The van der Waals surface area contributed by atoms with E-state index in [1.165, 1.54) is 6.07 Å². The van der Waals surface area contributed by atoms with Gasteiger partial charge in [-0.2, -0.15) is 13.2 Å². The van der Waals surface area contributed by atoms with Gasteiger partial charge < -0.3 is 10.7 Å². The first-order valence-electron chi connectivity index (χ1n) is 4.51. The van der Waals surface area contributed by atoms with Gasteiger partial charge in [0.25, 0.3) is 0 Å². The van der Waals surface area contributed by atoms with E-state index in [2.05, 4.69) is 4.98 Å². The first-order chi connectivity index (χ1) is 7.45. The molecule has 0 bridgehead atoms. The number of benzene rings is 1. The molecule has 3 N–H and O–H groups in total. The zero-order valence-corrected chi connectivity index (χ0v) is 8.78. The highest BCUT2D eigenvalue weighted by molar-refractivity contribution is 6.35. The molecule has 0 aliphatic heterocycles. The molecule has 1 aromatic carbocycles. The lowest BCUT2D eigenvalue weighted by atomic mass is 10.1. The number of aromatic nitrogens is 1. The fourth-order valence-corrected chi connectivity index (χ4v) is 1.91. The zero-order chi connectivity index (χ0) is 11.9. The lowest BCUT2D eigenvalue weighted by Crippen LogP contribution is -2.11. The van der Waals surface area contributed by atoms with E-state index >= 15 is 0 Å². The lowest BCUT2D eigenvalue weighted by Gasteiger charge is -2.05. The highest BCUT2D eigenvalue weighted by Gasteiger charge is 2.36. The van der Waals surface area contributed by atoms with E-state index < -0.39 is 11.9 Å². The van der Waals surface area contributed by atoms with Gasteiger partial charge in [0.05, 0.1) is 10.5 Å². The number of aromatic amines is 1. The van der Waals surface area contributed by atoms with E-state index in [1.807, 2.05) is 0 Å². The Hall–Kier alpha value is -1.20. The summed E-state index contributed by atoms with van der Waals surface area (Å²) in [5.74, 6) is 0. The second kappa shape index (κ2) is 3.68. The predicted molar refractivity (Wildman–Crippen MR) is 56.2 cm³/mol. The molecule has 0 aliphatic carbocycles. The molecule has 0 atom stereocenters. The summed E-state index contributed by atoms with van der Waals surface area (Å²) in [5.41, 5.74) is 4.84. The third kappa shape index (κ3) is 1.66. The second-order valence-electron chi connectivity index (χ2n) is 3.34. The number of hydrogen-bond acceptors (Lipinski definition) is 1. The Morgan fingerprint density at radius 3 is 2.56 bits per heavy atom. The molecule has 1 heterocycles. The van der Waals surface area contributed by atoms with Crippen molar-refractivity contribution in [1.29, 1.82) is 0 Å². The van der Waals surface area contributed by atoms with Crippen molar-refractivity contribution < 1.29 is 13.2 Å². The topological polar surface area (TPSA) is 41.8 Å². The van der Waals surface area contributed by atoms with Gasteiger partial charge in [-0.1, -0.05) is 23.7 Å². The van der Waals surface area contributed by atoms with Crippen LogP contribution in [0.3, 0.4) is 0 Å². The highest BCUT2D eigenvalue weighted by atomic mass is 35.5. The van der Waals surface area contributed by atoms with Crippen LogP contribution < -0.4 is 5.73 Å². The van der Waals surface area contributed by atoms with Crippen LogP contribution in [0, 0.1) is 0 Å². The number of halogens is 4. The molecule has 1 aromatic heterocycles. The molecular weight excluding hydrogens is 241 g/mol. The van der Waals surface area contributed by atoms with Gasteiger partial charge in [0.1, 0.15) is 5.69 Å². The van der Waals surface area contributed by atoms with Crippen molar-refractivity contribution in [2.24, 2.45) is 5.73 Å². The van der Waals surface area contributed by atoms with Crippen molar-refractivity contribution in [3.63, 3.8) is 0 Å². The SMILES string of the molecule is NCc1c(C(F)(F)F)[nH]c2c(Cl)cccc12. The Kier molecular flexibility index (Phi) is 2.59. The van der Waals surface area contributed by atoms with Gasteiger partial charge in [0, 0.05) is 17.5 Å². The Labute approximate surface area is 94.2 Å². The molecule has 0 radical (unpaired) electrons. The number of nitrogens with one attached hydrogen (secondary N) is 1. The Morgan fingerprint density at radius 1 is 1.31 bits per heavy atom. The molecule has 16 heavy (non-hydrogen) atoms. The fraction of sp³-hybridized carbons (Fsp3) is 0.200. The van der Waals surface area contributed by atoms with Crippen LogP contribution in [0.25, 0.3) is 10.9 Å². The van der Waals surface area contributed by atoms with Crippen LogP contribution in [-0.2, 0) is 12.7 Å². The van der Waals surface area contributed by atoms with E-state index in [0.717, 1.165) is 0 Å². The third-order valence-corrected chi connectivity index (χ3v) is 2.69. The van der Waals surface area contributed by atoms with E-state index in [1.54, 1.807) is 12.1 Å². The maximum atomic E-state index is 12.7. The molecule has 2 aromatic rings.